The standard InChI is InChI=1S/C15H17N3O2/c1-10-8-13(20-2)6-7-14(10)18-15(19)17-12-5-3-4-11(16)9-12/h3-9H,16H2,1-2H3,(H2,17,18,19). The van der Waals surface area contributed by atoms with Gasteiger partial charge in [-0.1, -0.05) is 6.07 Å². The topological polar surface area (TPSA) is 76.4 Å². The summed E-state index contributed by atoms with van der Waals surface area (Å²) in [6.45, 7) is 1.90. The second-order valence-corrected chi connectivity index (χ2v) is 4.39. The van der Waals surface area contributed by atoms with Crippen LogP contribution in [-0.4, -0.2) is 13.1 Å². The number of hydrogen-bond acceptors (Lipinski definition) is 3. The SMILES string of the molecule is COc1ccc(NC(=O)Nc2cccc(N)c2)c(C)c1. The van der Waals surface area contributed by atoms with Crippen LogP contribution < -0.4 is 21.1 Å². The van der Waals surface area contributed by atoms with E-state index in [1.54, 1.807) is 43.5 Å². The number of rotatable bonds is 3. The molecule has 2 rings (SSSR count). The molecule has 0 spiro atoms. The van der Waals surface area contributed by atoms with Crippen LogP contribution in [0, 0.1) is 6.92 Å². The summed E-state index contributed by atoms with van der Waals surface area (Å²) < 4.78 is 5.12. The van der Waals surface area contributed by atoms with Gasteiger partial charge in [0.05, 0.1) is 7.11 Å². The largest absolute Gasteiger partial charge is 0.497 e. The lowest BCUT2D eigenvalue weighted by Crippen LogP contribution is -2.20. The Labute approximate surface area is 117 Å². The Bertz CT molecular complexity index is 626. The summed E-state index contributed by atoms with van der Waals surface area (Å²) in [5, 5.41) is 5.51. The van der Waals surface area contributed by atoms with E-state index in [0.717, 1.165) is 17.0 Å². The molecule has 0 bridgehead atoms. The highest BCUT2D eigenvalue weighted by molar-refractivity contribution is 6.00. The minimum absolute atomic E-state index is 0.316. The summed E-state index contributed by atoms with van der Waals surface area (Å²) in [5.74, 6) is 0.754. The van der Waals surface area contributed by atoms with E-state index >= 15 is 0 Å². The molecule has 0 aliphatic carbocycles. The first kappa shape index (κ1) is 13.7. The number of aryl methyl sites for hydroxylation is 1. The Hall–Kier alpha value is -2.69. The van der Waals surface area contributed by atoms with Crippen LogP contribution in [0.25, 0.3) is 0 Å². The number of urea groups is 1. The second-order valence-electron chi connectivity index (χ2n) is 4.39. The molecule has 20 heavy (non-hydrogen) atoms. The van der Waals surface area contributed by atoms with Crippen molar-refractivity contribution in [3.05, 3.63) is 48.0 Å². The van der Waals surface area contributed by atoms with Gasteiger partial charge in [0.15, 0.2) is 0 Å². The van der Waals surface area contributed by atoms with Crippen LogP contribution in [0.15, 0.2) is 42.5 Å². The van der Waals surface area contributed by atoms with Crippen molar-refractivity contribution >= 4 is 23.1 Å². The third-order valence-electron chi connectivity index (χ3n) is 2.83. The molecule has 4 N–H and O–H groups in total. The molecule has 0 unspecified atom stereocenters. The van der Waals surface area contributed by atoms with Crippen molar-refractivity contribution in [2.75, 3.05) is 23.5 Å². The lowest BCUT2D eigenvalue weighted by atomic mass is 10.2. The lowest BCUT2D eigenvalue weighted by molar-refractivity contribution is 0.262. The van der Waals surface area contributed by atoms with E-state index in [4.69, 9.17) is 10.5 Å². The van der Waals surface area contributed by atoms with Crippen LogP contribution in [0.2, 0.25) is 0 Å². The predicted molar refractivity (Wildman–Crippen MR) is 81.2 cm³/mol. The highest BCUT2D eigenvalue weighted by Crippen LogP contribution is 2.21. The summed E-state index contributed by atoms with van der Waals surface area (Å²) in [7, 11) is 1.61. The van der Waals surface area contributed by atoms with Crippen LogP contribution >= 0.6 is 0 Å². The van der Waals surface area contributed by atoms with Crippen molar-refractivity contribution in [3.63, 3.8) is 0 Å². The third-order valence-corrected chi connectivity index (χ3v) is 2.83. The Morgan fingerprint density at radius 1 is 1.15 bits per heavy atom. The molecule has 2 aromatic carbocycles. The van der Waals surface area contributed by atoms with Gasteiger partial charge in [-0.25, -0.2) is 4.79 Å². The molecule has 0 saturated heterocycles. The number of hydrogen-bond donors (Lipinski definition) is 3. The summed E-state index contributed by atoms with van der Waals surface area (Å²) >= 11 is 0. The van der Waals surface area contributed by atoms with E-state index in [0.29, 0.717) is 11.4 Å². The molecule has 0 fully saturated rings. The van der Waals surface area contributed by atoms with Crippen LogP contribution in [0.1, 0.15) is 5.56 Å². The van der Waals surface area contributed by atoms with E-state index in [-0.39, 0.29) is 6.03 Å². The van der Waals surface area contributed by atoms with Gasteiger partial charge in [0, 0.05) is 17.1 Å². The highest BCUT2D eigenvalue weighted by Gasteiger charge is 2.06. The molecule has 104 valence electrons. The zero-order valence-corrected chi connectivity index (χ0v) is 11.4. The molecule has 5 nitrogen and oxygen atoms in total. The fourth-order valence-corrected chi connectivity index (χ4v) is 1.80. The number of ether oxygens (including phenoxy) is 1. The van der Waals surface area contributed by atoms with E-state index in [1.165, 1.54) is 0 Å². The van der Waals surface area contributed by atoms with E-state index in [9.17, 15) is 4.79 Å². The number of carbonyl (C=O) groups is 1. The zero-order valence-electron chi connectivity index (χ0n) is 11.4. The van der Waals surface area contributed by atoms with Crippen LogP contribution in [0.5, 0.6) is 5.75 Å². The number of anilines is 3. The predicted octanol–water partition coefficient (Wildman–Crippen LogP) is 3.23. The maximum absolute atomic E-state index is 11.9. The summed E-state index contributed by atoms with van der Waals surface area (Å²) in [6.07, 6.45) is 0. The first-order valence-electron chi connectivity index (χ1n) is 6.16. The van der Waals surface area contributed by atoms with Gasteiger partial charge in [-0.3, -0.25) is 0 Å². The quantitative estimate of drug-likeness (QED) is 0.750. The molecule has 0 aliphatic heterocycles. The molecule has 0 radical (unpaired) electrons. The first-order chi connectivity index (χ1) is 9.58. The second kappa shape index (κ2) is 5.97. The number of nitrogen functional groups attached to an aromatic ring is 1. The Morgan fingerprint density at radius 3 is 2.60 bits per heavy atom. The number of nitrogens with one attached hydrogen (secondary N) is 2. The fraction of sp³-hybridized carbons (Fsp3) is 0.133. The minimum Gasteiger partial charge on any atom is -0.497 e. The molecule has 0 saturated carbocycles. The van der Waals surface area contributed by atoms with Crippen molar-refractivity contribution < 1.29 is 9.53 Å². The van der Waals surface area contributed by atoms with Crippen LogP contribution in [0.3, 0.4) is 0 Å². The molecule has 2 aromatic rings. The van der Waals surface area contributed by atoms with Gasteiger partial charge in [0.25, 0.3) is 0 Å². The molecule has 0 atom stereocenters. The average molecular weight is 271 g/mol. The average Bonchev–Trinajstić information content (AvgIpc) is 2.41. The maximum atomic E-state index is 11.9. The molecule has 5 heteroatoms. The van der Waals surface area contributed by atoms with Gasteiger partial charge in [0.1, 0.15) is 5.75 Å². The Morgan fingerprint density at radius 2 is 1.95 bits per heavy atom. The third kappa shape index (κ3) is 3.41. The number of carbonyl (C=O) groups excluding carboxylic acids is 1. The van der Waals surface area contributed by atoms with Gasteiger partial charge in [-0.15, -0.1) is 0 Å². The van der Waals surface area contributed by atoms with Crippen molar-refractivity contribution in [1.82, 2.24) is 0 Å². The van der Waals surface area contributed by atoms with E-state index in [2.05, 4.69) is 10.6 Å². The minimum atomic E-state index is -0.316. The lowest BCUT2D eigenvalue weighted by Gasteiger charge is -2.11. The summed E-state index contributed by atoms with van der Waals surface area (Å²) in [6, 6.07) is 12.1. The van der Waals surface area contributed by atoms with Gasteiger partial charge >= 0.3 is 6.03 Å². The van der Waals surface area contributed by atoms with Crippen molar-refractivity contribution in [2.24, 2.45) is 0 Å². The van der Waals surface area contributed by atoms with Crippen LogP contribution in [0.4, 0.5) is 21.9 Å². The zero-order chi connectivity index (χ0) is 14.5. The molecule has 2 amide bonds. The van der Waals surface area contributed by atoms with Gasteiger partial charge in [-0.2, -0.15) is 0 Å². The Kier molecular flexibility index (Phi) is 4.10. The molecular formula is C15H17N3O2. The van der Waals surface area contributed by atoms with E-state index < -0.39 is 0 Å². The van der Waals surface area contributed by atoms with Crippen molar-refractivity contribution in [3.8, 4) is 5.75 Å². The van der Waals surface area contributed by atoms with Crippen molar-refractivity contribution in [2.45, 2.75) is 6.92 Å². The van der Waals surface area contributed by atoms with E-state index in [1.807, 2.05) is 13.0 Å². The van der Waals surface area contributed by atoms with Crippen molar-refractivity contribution in [1.29, 1.82) is 0 Å². The normalized spacial score (nSPS) is 9.90. The molecular weight excluding hydrogens is 254 g/mol. The number of methoxy groups -OCH3 is 1. The first-order valence-corrected chi connectivity index (χ1v) is 6.16. The smallest absolute Gasteiger partial charge is 0.323 e. The molecule has 0 aromatic heterocycles. The monoisotopic (exact) mass is 271 g/mol. The highest BCUT2D eigenvalue weighted by atomic mass is 16.5. The fourth-order valence-electron chi connectivity index (χ4n) is 1.80. The number of nitrogens with two attached hydrogens (primary N) is 1. The summed E-state index contributed by atoms with van der Waals surface area (Å²) in [4.78, 5) is 11.9. The van der Waals surface area contributed by atoms with Crippen LogP contribution in [-0.2, 0) is 0 Å². The number of amides is 2. The Balaban J connectivity index is 2.05. The van der Waals surface area contributed by atoms with Gasteiger partial charge in [-0.05, 0) is 48.9 Å². The maximum Gasteiger partial charge on any atom is 0.323 e. The van der Waals surface area contributed by atoms with Gasteiger partial charge < -0.3 is 21.1 Å². The number of benzene rings is 2. The van der Waals surface area contributed by atoms with Gasteiger partial charge in [0.2, 0.25) is 0 Å². The molecule has 0 heterocycles. The summed E-state index contributed by atoms with van der Waals surface area (Å²) in [5.41, 5.74) is 8.56. The molecule has 0 aliphatic rings.